The Balaban J connectivity index is 1.98. The SMILES string of the molecule is COCc1cccc(CNc2ccc(C(C)(C)C)cn2)c1. The molecule has 0 aliphatic heterocycles. The van der Waals surface area contributed by atoms with Crippen LogP contribution in [0, 0.1) is 0 Å². The minimum Gasteiger partial charge on any atom is -0.380 e. The summed E-state index contributed by atoms with van der Waals surface area (Å²) >= 11 is 0. The molecule has 0 aliphatic rings. The van der Waals surface area contributed by atoms with Gasteiger partial charge in [-0.3, -0.25) is 0 Å². The Labute approximate surface area is 127 Å². The van der Waals surface area contributed by atoms with E-state index in [2.05, 4.69) is 61.4 Å². The summed E-state index contributed by atoms with van der Waals surface area (Å²) in [5, 5.41) is 3.36. The van der Waals surface area contributed by atoms with Crippen molar-refractivity contribution >= 4 is 5.82 Å². The molecule has 1 N–H and O–H groups in total. The molecule has 1 heterocycles. The van der Waals surface area contributed by atoms with E-state index in [1.54, 1.807) is 7.11 Å². The zero-order chi connectivity index (χ0) is 15.3. The maximum Gasteiger partial charge on any atom is 0.126 e. The molecule has 1 aromatic heterocycles. The second-order valence-electron chi connectivity index (χ2n) is 6.29. The van der Waals surface area contributed by atoms with Crippen LogP contribution in [0.2, 0.25) is 0 Å². The van der Waals surface area contributed by atoms with E-state index in [-0.39, 0.29) is 5.41 Å². The highest BCUT2D eigenvalue weighted by Gasteiger charge is 2.13. The van der Waals surface area contributed by atoms with Gasteiger partial charge in [-0.1, -0.05) is 51.1 Å². The summed E-state index contributed by atoms with van der Waals surface area (Å²) in [4.78, 5) is 4.48. The lowest BCUT2D eigenvalue weighted by atomic mass is 9.88. The number of methoxy groups -OCH3 is 1. The van der Waals surface area contributed by atoms with Crippen molar-refractivity contribution in [2.75, 3.05) is 12.4 Å². The molecular weight excluding hydrogens is 260 g/mol. The first kappa shape index (κ1) is 15.5. The van der Waals surface area contributed by atoms with Crippen molar-refractivity contribution in [2.45, 2.75) is 39.3 Å². The molecule has 0 bridgehead atoms. The van der Waals surface area contributed by atoms with E-state index >= 15 is 0 Å². The third kappa shape index (κ3) is 4.57. The van der Waals surface area contributed by atoms with Gasteiger partial charge in [0.1, 0.15) is 5.82 Å². The van der Waals surface area contributed by atoms with E-state index < -0.39 is 0 Å². The molecule has 1 aromatic carbocycles. The summed E-state index contributed by atoms with van der Waals surface area (Å²) < 4.78 is 5.16. The highest BCUT2D eigenvalue weighted by molar-refractivity contribution is 5.38. The van der Waals surface area contributed by atoms with Crippen LogP contribution in [0.25, 0.3) is 0 Å². The highest BCUT2D eigenvalue weighted by atomic mass is 16.5. The van der Waals surface area contributed by atoms with Gasteiger partial charge in [0.05, 0.1) is 6.61 Å². The number of nitrogens with zero attached hydrogens (tertiary/aromatic N) is 1. The van der Waals surface area contributed by atoms with Gasteiger partial charge in [0.25, 0.3) is 0 Å². The molecule has 0 fully saturated rings. The molecule has 2 rings (SSSR count). The number of pyridine rings is 1. The van der Waals surface area contributed by atoms with Crippen molar-refractivity contribution in [1.29, 1.82) is 0 Å². The average molecular weight is 284 g/mol. The fourth-order valence-electron chi connectivity index (χ4n) is 2.13. The van der Waals surface area contributed by atoms with Gasteiger partial charge in [-0.05, 0) is 28.2 Å². The molecule has 0 unspecified atom stereocenters. The summed E-state index contributed by atoms with van der Waals surface area (Å²) in [6.07, 6.45) is 1.95. The predicted molar refractivity (Wildman–Crippen MR) is 87.4 cm³/mol. The molecule has 0 spiro atoms. The summed E-state index contributed by atoms with van der Waals surface area (Å²) in [6, 6.07) is 12.6. The number of hydrogen-bond acceptors (Lipinski definition) is 3. The number of benzene rings is 1. The smallest absolute Gasteiger partial charge is 0.126 e. The Morgan fingerprint density at radius 2 is 1.86 bits per heavy atom. The Hall–Kier alpha value is -1.87. The lowest BCUT2D eigenvalue weighted by molar-refractivity contribution is 0.185. The average Bonchev–Trinajstić information content (AvgIpc) is 2.45. The fraction of sp³-hybridized carbons (Fsp3) is 0.389. The van der Waals surface area contributed by atoms with Crippen LogP contribution in [0.5, 0.6) is 0 Å². The van der Waals surface area contributed by atoms with Crippen molar-refractivity contribution in [3.63, 3.8) is 0 Å². The van der Waals surface area contributed by atoms with Crippen LogP contribution < -0.4 is 5.32 Å². The van der Waals surface area contributed by atoms with Gasteiger partial charge in [0, 0.05) is 19.9 Å². The van der Waals surface area contributed by atoms with Crippen molar-refractivity contribution in [2.24, 2.45) is 0 Å². The highest BCUT2D eigenvalue weighted by Crippen LogP contribution is 2.22. The minimum atomic E-state index is 0.139. The van der Waals surface area contributed by atoms with Gasteiger partial charge >= 0.3 is 0 Å². The maximum atomic E-state index is 5.16. The first-order chi connectivity index (χ1) is 9.99. The largest absolute Gasteiger partial charge is 0.380 e. The standard InChI is InChI=1S/C18H24N2O/c1-18(2,3)16-8-9-17(20-12-16)19-11-14-6-5-7-15(10-14)13-21-4/h5-10,12H,11,13H2,1-4H3,(H,19,20). The number of hydrogen-bond donors (Lipinski definition) is 1. The lowest BCUT2D eigenvalue weighted by Crippen LogP contribution is -2.11. The van der Waals surface area contributed by atoms with E-state index in [0.717, 1.165) is 12.4 Å². The number of anilines is 1. The van der Waals surface area contributed by atoms with E-state index in [1.807, 2.05) is 12.3 Å². The third-order valence-electron chi connectivity index (χ3n) is 3.41. The lowest BCUT2D eigenvalue weighted by Gasteiger charge is -2.18. The number of rotatable bonds is 5. The normalized spacial score (nSPS) is 11.4. The summed E-state index contributed by atoms with van der Waals surface area (Å²) in [5.74, 6) is 0.903. The van der Waals surface area contributed by atoms with E-state index in [1.165, 1.54) is 16.7 Å². The predicted octanol–water partition coefficient (Wildman–Crippen LogP) is 4.14. The van der Waals surface area contributed by atoms with Crippen molar-refractivity contribution < 1.29 is 4.74 Å². The van der Waals surface area contributed by atoms with Gasteiger partial charge in [-0.25, -0.2) is 4.98 Å². The molecule has 3 heteroatoms. The van der Waals surface area contributed by atoms with Gasteiger partial charge in [0.15, 0.2) is 0 Å². The molecule has 3 nitrogen and oxygen atoms in total. The van der Waals surface area contributed by atoms with Crippen LogP contribution in [0.4, 0.5) is 5.82 Å². The third-order valence-corrected chi connectivity index (χ3v) is 3.41. The first-order valence-corrected chi connectivity index (χ1v) is 7.26. The minimum absolute atomic E-state index is 0.139. The Kier molecular flexibility index (Phi) is 4.97. The van der Waals surface area contributed by atoms with Crippen LogP contribution in [0.3, 0.4) is 0 Å². The zero-order valence-corrected chi connectivity index (χ0v) is 13.3. The van der Waals surface area contributed by atoms with Crippen molar-refractivity contribution in [3.8, 4) is 0 Å². The molecule has 0 amide bonds. The molecular formula is C18H24N2O. The number of aromatic nitrogens is 1. The number of nitrogens with one attached hydrogen (secondary N) is 1. The fourth-order valence-corrected chi connectivity index (χ4v) is 2.13. The monoisotopic (exact) mass is 284 g/mol. The van der Waals surface area contributed by atoms with E-state index in [0.29, 0.717) is 6.61 Å². The van der Waals surface area contributed by atoms with Gasteiger partial charge in [-0.15, -0.1) is 0 Å². The van der Waals surface area contributed by atoms with E-state index in [9.17, 15) is 0 Å². The van der Waals surface area contributed by atoms with Gasteiger partial charge < -0.3 is 10.1 Å². The molecule has 0 radical (unpaired) electrons. The topological polar surface area (TPSA) is 34.1 Å². The molecule has 0 atom stereocenters. The Bertz CT molecular complexity index is 571. The van der Waals surface area contributed by atoms with Crippen molar-refractivity contribution in [1.82, 2.24) is 4.98 Å². The molecule has 0 saturated heterocycles. The molecule has 21 heavy (non-hydrogen) atoms. The Morgan fingerprint density at radius 1 is 1.10 bits per heavy atom. The van der Waals surface area contributed by atoms with Crippen LogP contribution >= 0.6 is 0 Å². The maximum absolute atomic E-state index is 5.16. The summed E-state index contributed by atoms with van der Waals surface area (Å²) in [5.41, 5.74) is 3.80. The van der Waals surface area contributed by atoms with Crippen LogP contribution in [0.1, 0.15) is 37.5 Å². The van der Waals surface area contributed by atoms with Crippen molar-refractivity contribution in [3.05, 3.63) is 59.3 Å². The molecule has 112 valence electrons. The number of ether oxygens (including phenoxy) is 1. The quantitative estimate of drug-likeness (QED) is 0.896. The zero-order valence-electron chi connectivity index (χ0n) is 13.3. The summed E-state index contributed by atoms with van der Waals surface area (Å²) in [7, 11) is 1.71. The van der Waals surface area contributed by atoms with Crippen LogP contribution in [0.15, 0.2) is 42.6 Å². The molecule has 0 saturated carbocycles. The Morgan fingerprint density at radius 3 is 2.48 bits per heavy atom. The summed E-state index contributed by atoms with van der Waals surface area (Å²) in [6.45, 7) is 7.99. The first-order valence-electron chi connectivity index (χ1n) is 7.26. The van der Waals surface area contributed by atoms with Crippen LogP contribution in [-0.2, 0) is 23.3 Å². The van der Waals surface area contributed by atoms with E-state index in [4.69, 9.17) is 4.74 Å². The second kappa shape index (κ2) is 6.72. The van der Waals surface area contributed by atoms with Gasteiger partial charge in [0.2, 0.25) is 0 Å². The van der Waals surface area contributed by atoms with Crippen LogP contribution in [-0.4, -0.2) is 12.1 Å². The second-order valence-corrected chi connectivity index (χ2v) is 6.29. The van der Waals surface area contributed by atoms with Gasteiger partial charge in [-0.2, -0.15) is 0 Å². The molecule has 0 aliphatic carbocycles. The molecule has 2 aromatic rings.